The lowest BCUT2D eigenvalue weighted by atomic mass is 9.96. The monoisotopic (exact) mass is 426 g/mol. The van der Waals surface area contributed by atoms with Crippen molar-refractivity contribution >= 4 is 40.4 Å². The summed E-state index contributed by atoms with van der Waals surface area (Å²) in [6.45, 7) is 7.91. The van der Waals surface area contributed by atoms with Crippen LogP contribution in [0, 0.1) is 6.92 Å². The molecular formula is C21H23ClN6O2. The van der Waals surface area contributed by atoms with Gasteiger partial charge in [-0.05, 0) is 50.6 Å². The minimum absolute atomic E-state index is 0.107. The SMILES string of the molecule is CC(=O)N1CCN(c2cc(C)cc(-c3cc(Cl)c4c(N)ncnn34)c2)C(=O)C1(C)C. The van der Waals surface area contributed by atoms with E-state index >= 15 is 0 Å². The number of fused-ring (bicyclic) bond motifs is 1. The van der Waals surface area contributed by atoms with E-state index in [-0.39, 0.29) is 11.8 Å². The summed E-state index contributed by atoms with van der Waals surface area (Å²) in [6, 6.07) is 7.68. The molecule has 3 heterocycles. The lowest BCUT2D eigenvalue weighted by molar-refractivity contribution is -0.145. The number of halogens is 1. The van der Waals surface area contributed by atoms with E-state index in [2.05, 4.69) is 10.1 Å². The molecule has 8 nitrogen and oxygen atoms in total. The van der Waals surface area contributed by atoms with Gasteiger partial charge in [0.1, 0.15) is 17.4 Å². The highest BCUT2D eigenvalue weighted by atomic mass is 35.5. The Kier molecular flexibility index (Phi) is 4.69. The molecule has 2 amide bonds. The predicted octanol–water partition coefficient (Wildman–Crippen LogP) is 2.91. The van der Waals surface area contributed by atoms with Gasteiger partial charge in [0.05, 0.1) is 10.7 Å². The van der Waals surface area contributed by atoms with Crippen LogP contribution in [0.5, 0.6) is 0 Å². The first-order valence-electron chi connectivity index (χ1n) is 9.61. The Morgan fingerprint density at radius 1 is 1.20 bits per heavy atom. The number of anilines is 2. The lowest BCUT2D eigenvalue weighted by Crippen LogP contribution is -2.64. The standard InChI is InChI=1S/C21H23ClN6O2/c1-12-7-14(17-10-16(22)18-19(23)24-11-25-28(17)18)9-15(8-12)26-5-6-27(13(2)29)21(3,4)20(26)30/h7-11H,5-6H2,1-4H3,(H2,23,24,25). The Morgan fingerprint density at radius 3 is 2.63 bits per heavy atom. The van der Waals surface area contributed by atoms with E-state index in [0.717, 1.165) is 22.5 Å². The van der Waals surface area contributed by atoms with Gasteiger partial charge < -0.3 is 15.5 Å². The summed E-state index contributed by atoms with van der Waals surface area (Å²) >= 11 is 6.38. The van der Waals surface area contributed by atoms with Gasteiger partial charge in [-0.3, -0.25) is 9.59 Å². The molecule has 3 aromatic rings. The van der Waals surface area contributed by atoms with E-state index in [4.69, 9.17) is 17.3 Å². The van der Waals surface area contributed by atoms with Crippen LogP contribution in [0.25, 0.3) is 16.8 Å². The van der Waals surface area contributed by atoms with Gasteiger partial charge in [0.2, 0.25) is 5.91 Å². The first-order chi connectivity index (χ1) is 14.1. The van der Waals surface area contributed by atoms with Gasteiger partial charge in [0, 0.05) is 31.3 Å². The number of aromatic nitrogens is 3. The molecule has 4 rings (SSSR count). The topological polar surface area (TPSA) is 96.8 Å². The summed E-state index contributed by atoms with van der Waals surface area (Å²) in [5.41, 5.74) is 8.95. The molecule has 2 N–H and O–H groups in total. The third-order valence-electron chi connectivity index (χ3n) is 5.58. The number of hydrogen-bond acceptors (Lipinski definition) is 5. The highest BCUT2D eigenvalue weighted by Crippen LogP contribution is 2.35. The molecule has 2 aromatic heterocycles. The zero-order chi connectivity index (χ0) is 21.8. The van der Waals surface area contributed by atoms with Crippen molar-refractivity contribution < 1.29 is 9.59 Å². The molecule has 0 aliphatic carbocycles. The van der Waals surface area contributed by atoms with Gasteiger partial charge in [-0.1, -0.05) is 11.6 Å². The fraction of sp³-hybridized carbons (Fsp3) is 0.333. The Balaban J connectivity index is 1.80. The summed E-state index contributed by atoms with van der Waals surface area (Å²) in [7, 11) is 0. The maximum atomic E-state index is 13.3. The third-order valence-corrected chi connectivity index (χ3v) is 5.86. The van der Waals surface area contributed by atoms with Gasteiger partial charge in [-0.15, -0.1) is 0 Å². The second kappa shape index (κ2) is 6.98. The average Bonchev–Trinajstić information content (AvgIpc) is 3.01. The van der Waals surface area contributed by atoms with Gasteiger partial charge >= 0.3 is 0 Å². The Hall–Kier alpha value is -3.13. The number of carbonyl (C=O) groups is 2. The van der Waals surface area contributed by atoms with E-state index in [1.807, 2.05) is 25.1 Å². The zero-order valence-corrected chi connectivity index (χ0v) is 18.1. The van der Waals surface area contributed by atoms with Gasteiger partial charge in [0.25, 0.3) is 5.91 Å². The van der Waals surface area contributed by atoms with Gasteiger partial charge in [0.15, 0.2) is 5.82 Å². The van der Waals surface area contributed by atoms with E-state index in [9.17, 15) is 9.59 Å². The first-order valence-corrected chi connectivity index (χ1v) is 9.99. The minimum Gasteiger partial charge on any atom is -0.382 e. The molecule has 156 valence electrons. The summed E-state index contributed by atoms with van der Waals surface area (Å²) in [5, 5.41) is 4.75. The van der Waals surface area contributed by atoms with Crippen molar-refractivity contribution in [2.45, 2.75) is 33.2 Å². The number of carbonyl (C=O) groups excluding carboxylic acids is 2. The fourth-order valence-corrected chi connectivity index (χ4v) is 4.40. The van der Waals surface area contributed by atoms with Crippen molar-refractivity contribution in [3.63, 3.8) is 0 Å². The second-order valence-corrected chi connectivity index (χ2v) is 8.43. The number of nitrogen functional groups attached to an aromatic ring is 1. The van der Waals surface area contributed by atoms with Crippen molar-refractivity contribution in [2.75, 3.05) is 23.7 Å². The van der Waals surface area contributed by atoms with Crippen molar-refractivity contribution in [2.24, 2.45) is 0 Å². The molecule has 0 saturated carbocycles. The van der Waals surface area contributed by atoms with Crippen LogP contribution in [0.4, 0.5) is 11.5 Å². The van der Waals surface area contributed by atoms with E-state index in [1.54, 1.807) is 34.2 Å². The molecule has 1 saturated heterocycles. The second-order valence-electron chi connectivity index (χ2n) is 8.03. The summed E-state index contributed by atoms with van der Waals surface area (Å²) in [5.74, 6) is 0.0704. The third kappa shape index (κ3) is 3.08. The normalized spacial score (nSPS) is 16.4. The van der Waals surface area contributed by atoms with Crippen molar-refractivity contribution in [1.29, 1.82) is 0 Å². The van der Waals surface area contributed by atoms with Crippen LogP contribution in [-0.4, -0.2) is 49.9 Å². The number of amides is 2. The predicted molar refractivity (Wildman–Crippen MR) is 116 cm³/mol. The molecule has 1 aromatic carbocycles. The van der Waals surface area contributed by atoms with Crippen LogP contribution in [0.2, 0.25) is 5.02 Å². The molecule has 0 unspecified atom stereocenters. The van der Waals surface area contributed by atoms with Crippen LogP contribution >= 0.6 is 11.6 Å². The van der Waals surface area contributed by atoms with Crippen LogP contribution in [0.15, 0.2) is 30.6 Å². The summed E-state index contributed by atoms with van der Waals surface area (Å²) in [6.07, 6.45) is 1.38. The molecule has 0 spiro atoms. The number of rotatable bonds is 2. The molecule has 30 heavy (non-hydrogen) atoms. The maximum absolute atomic E-state index is 13.3. The van der Waals surface area contributed by atoms with E-state index in [0.29, 0.717) is 29.4 Å². The van der Waals surface area contributed by atoms with E-state index in [1.165, 1.54) is 13.3 Å². The Bertz CT molecular complexity index is 1190. The zero-order valence-electron chi connectivity index (χ0n) is 17.3. The smallest absolute Gasteiger partial charge is 0.252 e. The van der Waals surface area contributed by atoms with Crippen LogP contribution < -0.4 is 10.6 Å². The van der Waals surface area contributed by atoms with Gasteiger partial charge in [-0.25, -0.2) is 9.50 Å². The first kappa shape index (κ1) is 20.2. The van der Waals surface area contributed by atoms with Gasteiger partial charge in [-0.2, -0.15) is 5.10 Å². The fourth-order valence-electron chi connectivity index (χ4n) is 4.12. The lowest BCUT2D eigenvalue weighted by Gasteiger charge is -2.45. The Labute approximate surface area is 179 Å². The van der Waals surface area contributed by atoms with Crippen LogP contribution in [-0.2, 0) is 9.59 Å². The number of nitrogens with zero attached hydrogens (tertiary/aromatic N) is 5. The maximum Gasteiger partial charge on any atom is 0.252 e. The molecular weight excluding hydrogens is 404 g/mol. The number of benzene rings is 1. The molecule has 0 radical (unpaired) electrons. The van der Waals surface area contributed by atoms with Crippen LogP contribution in [0.3, 0.4) is 0 Å². The quantitative estimate of drug-likeness (QED) is 0.679. The molecule has 1 aliphatic rings. The summed E-state index contributed by atoms with van der Waals surface area (Å²) in [4.78, 5) is 32.6. The molecule has 0 atom stereocenters. The summed E-state index contributed by atoms with van der Waals surface area (Å²) < 4.78 is 1.66. The van der Waals surface area contributed by atoms with Crippen molar-refractivity contribution in [3.8, 4) is 11.3 Å². The molecule has 1 fully saturated rings. The number of nitrogens with two attached hydrogens (primary N) is 1. The minimum atomic E-state index is -0.916. The number of hydrogen-bond donors (Lipinski definition) is 1. The van der Waals surface area contributed by atoms with Crippen LogP contribution in [0.1, 0.15) is 26.3 Å². The largest absolute Gasteiger partial charge is 0.382 e. The van der Waals surface area contributed by atoms with Crippen molar-refractivity contribution in [3.05, 3.63) is 41.2 Å². The number of piperazine rings is 1. The highest BCUT2D eigenvalue weighted by molar-refractivity contribution is 6.35. The number of aryl methyl sites for hydroxylation is 1. The highest BCUT2D eigenvalue weighted by Gasteiger charge is 2.43. The van der Waals surface area contributed by atoms with Crippen molar-refractivity contribution in [1.82, 2.24) is 19.5 Å². The molecule has 1 aliphatic heterocycles. The van der Waals surface area contributed by atoms with E-state index < -0.39 is 5.54 Å². The molecule has 9 heteroatoms. The Morgan fingerprint density at radius 2 is 1.93 bits per heavy atom. The average molecular weight is 427 g/mol. The molecule has 0 bridgehead atoms.